The quantitative estimate of drug-likeness (QED) is 0.768. The lowest BCUT2D eigenvalue weighted by Gasteiger charge is -2.28. The van der Waals surface area contributed by atoms with Crippen LogP contribution in [0.1, 0.15) is 19.3 Å². The number of likely N-dealkylation sites (N-methyl/N-ethyl adjacent to an activating group) is 1. The number of nitrogens with zero attached hydrogens (tertiary/aromatic N) is 2. The Balaban J connectivity index is 2.12. The second-order valence-electron chi connectivity index (χ2n) is 3.96. The normalized spacial score (nSPS) is 26.4. The molecule has 0 bridgehead atoms. The predicted molar refractivity (Wildman–Crippen MR) is 58.3 cm³/mol. The first-order chi connectivity index (χ1) is 6.79. The molecular weight excluding hydrogens is 174 g/mol. The Morgan fingerprint density at radius 3 is 2.86 bits per heavy atom. The summed E-state index contributed by atoms with van der Waals surface area (Å²) in [6.45, 7) is 0. The summed E-state index contributed by atoms with van der Waals surface area (Å²) in [5.41, 5.74) is 6.05. The molecule has 1 fully saturated rings. The zero-order valence-corrected chi connectivity index (χ0v) is 8.56. The minimum absolute atomic E-state index is 0.307. The lowest BCUT2D eigenvalue weighted by atomic mass is 10.1. The van der Waals surface area contributed by atoms with Crippen molar-refractivity contribution in [1.82, 2.24) is 4.98 Å². The molecule has 0 spiro atoms. The number of pyridine rings is 1. The molecule has 0 aliphatic heterocycles. The van der Waals surface area contributed by atoms with Gasteiger partial charge in [-0.1, -0.05) is 6.07 Å². The van der Waals surface area contributed by atoms with E-state index in [1.807, 2.05) is 24.4 Å². The standard InChI is InChI=1S/C11H17N3/c1-14(10-6-4-5-9(10)12)11-7-2-3-8-13-11/h2-3,7-10H,4-6,12H2,1H3. The van der Waals surface area contributed by atoms with E-state index in [0.29, 0.717) is 12.1 Å². The molecule has 3 heteroatoms. The average molecular weight is 191 g/mol. The minimum Gasteiger partial charge on any atom is -0.355 e. The summed E-state index contributed by atoms with van der Waals surface area (Å²) < 4.78 is 0. The molecule has 2 rings (SSSR count). The van der Waals surface area contributed by atoms with E-state index in [0.717, 1.165) is 12.2 Å². The van der Waals surface area contributed by atoms with Crippen LogP contribution in [0, 0.1) is 0 Å². The second-order valence-corrected chi connectivity index (χ2v) is 3.96. The molecule has 2 N–H and O–H groups in total. The molecule has 0 saturated heterocycles. The summed E-state index contributed by atoms with van der Waals surface area (Å²) in [4.78, 5) is 6.53. The Kier molecular flexibility index (Phi) is 2.68. The van der Waals surface area contributed by atoms with Gasteiger partial charge in [0.2, 0.25) is 0 Å². The van der Waals surface area contributed by atoms with Gasteiger partial charge in [-0.3, -0.25) is 0 Å². The average Bonchev–Trinajstić information content (AvgIpc) is 2.65. The molecule has 1 aromatic rings. The fraction of sp³-hybridized carbons (Fsp3) is 0.545. The van der Waals surface area contributed by atoms with E-state index in [4.69, 9.17) is 5.73 Å². The molecule has 2 atom stereocenters. The Morgan fingerprint density at radius 1 is 1.43 bits per heavy atom. The lowest BCUT2D eigenvalue weighted by Crippen LogP contribution is -2.42. The van der Waals surface area contributed by atoms with Crippen molar-refractivity contribution in [1.29, 1.82) is 0 Å². The van der Waals surface area contributed by atoms with Gasteiger partial charge in [-0.2, -0.15) is 0 Å². The molecule has 14 heavy (non-hydrogen) atoms. The molecule has 0 amide bonds. The molecule has 0 aromatic carbocycles. The maximum atomic E-state index is 6.05. The summed E-state index contributed by atoms with van der Waals surface area (Å²) in [5.74, 6) is 1.02. The van der Waals surface area contributed by atoms with Crippen molar-refractivity contribution >= 4 is 5.82 Å². The van der Waals surface area contributed by atoms with Crippen LogP contribution < -0.4 is 10.6 Å². The van der Waals surface area contributed by atoms with Gasteiger partial charge in [-0.25, -0.2) is 4.98 Å². The Labute approximate surface area is 84.9 Å². The molecule has 1 saturated carbocycles. The lowest BCUT2D eigenvalue weighted by molar-refractivity contribution is 0.568. The van der Waals surface area contributed by atoms with E-state index in [1.165, 1.54) is 12.8 Å². The first-order valence-electron chi connectivity index (χ1n) is 5.18. The minimum atomic E-state index is 0.307. The van der Waals surface area contributed by atoms with Gasteiger partial charge in [0.15, 0.2) is 0 Å². The van der Waals surface area contributed by atoms with Crippen LogP contribution in [0.4, 0.5) is 5.82 Å². The number of hydrogen-bond donors (Lipinski definition) is 1. The van der Waals surface area contributed by atoms with Crippen LogP contribution >= 0.6 is 0 Å². The van der Waals surface area contributed by atoms with Gasteiger partial charge in [-0.05, 0) is 31.4 Å². The molecular formula is C11H17N3. The second kappa shape index (κ2) is 3.96. The Bertz CT molecular complexity index is 286. The van der Waals surface area contributed by atoms with E-state index in [-0.39, 0.29) is 0 Å². The highest BCUT2D eigenvalue weighted by molar-refractivity contribution is 5.38. The largest absolute Gasteiger partial charge is 0.355 e. The van der Waals surface area contributed by atoms with E-state index in [1.54, 1.807) is 0 Å². The van der Waals surface area contributed by atoms with Crippen LogP contribution in [0.2, 0.25) is 0 Å². The Hall–Kier alpha value is -1.09. The first kappa shape index (κ1) is 9.46. The van der Waals surface area contributed by atoms with Crippen molar-refractivity contribution in [3.8, 4) is 0 Å². The smallest absolute Gasteiger partial charge is 0.128 e. The summed E-state index contributed by atoms with van der Waals surface area (Å²) >= 11 is 0. The predicted octanol–water partition coefficient (Wildman–Crippen LogP) is 1.40. The number of hydrogen-bond acceptors (Lipinski definition) is 3. The van der Waals surface area contributed by atoms with Gasteiger partial charge >= 0.3 is 0 Å². The SMILES string of the molecule is CN(c1ccccn1)C1CCCC1N. The molecule has 3 nitrogen and oxygen atoms in total. The zero-order valence-electron chi connectivity index (χ0n) is 8.56. The number of nitrogens with two attached hydrogens (primary N) is 1. The summed E-state index contributed by atoms with van der Waals surface area (Å²) in [6, 6.07) is 6.75. The molecule has 2 unspecified atom stereocenters. The molecule has 1 aliphatic carbocycles. The van der Waals surface area contributed by atoms with Crippen molar-refractivity contribution in [3.63, 3.8) is 0 Å². The molecule has 1 aromatic heterocycles. The Morgan fingerprint density at radius 2 is 2.29 bits per heavy atom. The van der Waals surface area contributed by atoms with Crippen LogP contribution in [0.25, 0.3) is 0 Å². The van der Waals surface area contributed by atoms with Crippen LogP contribution in [-0.4, -0.2) is 24.1 Å². The fourth-order valence-electron chi connectivity index (χ4n) is 2.18. The summed E-state index contributed by atoms with van der Waals surface area (Å²) in [6.07, 6.45) is 5.39. The van der Waals surface area contributed by atoms with Crippen molar-refractivity contribution < 1.29 is 0 Å². The van der Waals surface area contributed by atoms with Crippen LogP contribution in [0.3, 0.4) is 0 Å². The third-order valence-electron chi connectivity index (χ3n) is 3.04. The van der Waals surface area contributed by atoms with Gasteiger partial charge in [-0.15, -0.1) is 0 Å². The third kappa shape index (κ3) is 1.73. The van der Waals surface area contributed by atoms with Gasteiger partial charge in [0.1, 0.15) is 5.82 Å². The highest BCUT2D eigenvalue weighted by Gasteiger charge is 2.27. The van der Waals surface area contributed by atoms with E-state index in [2.05, 4.69) is 16.9 Å². The third-order valence-corrected chi connectivity index (χ3v) is 3.04. The van der Waals surface area contributed by atoms with Gasteiger partial charge in [0.25, 0.3) is 0 Å². The highest BCUT2D eigenvalue weighted by Crippen LogP contribution is 2.24. The molecule has 1 heterocycles. The zero-order chi connectivity index (χ0) is 9.97. The van der Waals surface area contributed by atoms with Crippen molar-refractivity contribution in [2.75, 3.05) is 11.9 Å². The number of anilines is 1. The molecule has 1 aliphatic rings. The van der Waals surface area contributed by atoms with Crippen LogP contribution in [0.5, 0.6) is 0 Å². The first-order valence-corrected chi connectivity index (χ1v) is 5.18. The van der Waals surface area contributed by atoms with E-state index in [9.17, 15) is 0 Å². The van der Waals surface area contributed by atoms with Gasteiger partial charge in [0, 0.05) is 25.3 Å². The molecule has 0 radical (unpaired) electrons. The number of aromatic nitrogens is 1. The van der Waals surface area contributed by atoms with E-state index >= 15 is 0 Å². The van der Waals surface area contributed by atoms with Gasteiger partial charge < -0.3 is 10.6 Å². The van der Waals surface area contributed by atoms with Gasteiger partial charge in [0.05, 0.1) is 0 Å². The molecule has 76 valence electrons. The summed E-state index contributed by atoms with van der Waals surface area (Å²) in [5, 5.41) is 0. The van der Waals surface area contributed by atoms with E-state index < -0.39 is 0 Å². The summed E-state index contributed by atoms with van der Waals surface area (Å²) in [7, 11) is 2.08. The monoisotopic (exact) mass is 191 g/mol. The maximum absolute atomic E-state index is 6.05. The highest BCUT2D eigenvalue weighted by atomic mass is 15.2. The van der Waals surface area contributed by atoms with Crippen LogP contribution in [-0.2, 0) is 0 Å². The van der Waals surface area contributed by atoms with Crippen molar-refractivity contribution in [2.45, 2.75) is 31.3 Å². The topological polar surface area (TPSA) is 42.2 Å². The van der Waals surface area contributed by atoms with Crippen molar-refractivity contribution in [2.24, 2.45) is 5.73 Å². The van der Waals surface area contributed by atoms with Crippen molar-refractivity contribution in [3.05, 3.63) is 24.4 Å². The maximum Gasteiger partial charge on any atom is 0.128 e. The fourth-order valence-corrected chi connectivity index (χ4v) is 2.18. The van der Waals surface area contributed by atoms with Crippen LogP contribution in [0.15, 0.2) is 24.4 Å². The number of rotatable bonds is 2.